The van der Waals surface area contributed by atoms with Crippen molar-refractivity contribution in [2.24, 2.45) is 16.8 Å². The molecule has 1 amide bonds. The Morgan fingerprint density at radius 3 is 2.63 bits per heavy atom. The molecule has 27 heavy (non-hydrogen) atoms. The van der Waals surface area contributed by atoms with E-state index in [-0.39, 0.29) is 29.9 Å². The maximum Gasteiger partial charge on any atom is 0.225 e. The van der Waals surface area contributed by atoms with Crippen molar-refractivity contribution in [3.05, 3.63) is 0 Å². The van der Waals surface area contributed by atoms with E-state index in [4.69, 9.17) is 4.74 Å². The Bertz CT molecular complexity index is 453. The normalized spacial score (nSPS) is 21.3. The monoisotopic (exact) mass is 494 g/mol. The Kier molecular flexibility index (Phi) is 12.3. The zero-order valence-electron chi connectivity index (χ0n) is 17.3. The molecular weight excluding hydrogens is 455 g/mol. The van der Waals surface area contributed by atoms with Crippen molar-refractivity contribution >= 4 is 35.8 Å². The molecule has 2 aliphatic rings. The Balaban J connectivity index is 0.00000364. The summed E-state index contributed by atoms with van der Waals surface area (Å²) in [7, 11) is 1.80. The number of nitrogens with one attached hydrogen (secondary N) is 2. The van der Waals surface area contributed by atoms with Crippen LogP contribution in [0, 0.1) is 11.8 Å². The first-order chi connectivity index (χ1) is 12.6. The molecule has 2 rings (SSSR count). The first-order valence-electron chi connectivity index (χ1n) is 10.4. The second-order valence-corrected chi connectivity index (χ2v) is 8.07. The van der Waals surface area contributed by atoms with Gasteiger partial charge in [-0.3, -0.25) is 9.79 Å². The summed E-state index contributed by atoms with van der Waals surface area (Å²) < 4.78 is 5.60. The summed E-state index contributed by atoms with van der Waals surface area (Å²) in [6, 6.07) is 0.297. The second-order valence-electron chi connectivity index (χ2n) is 8.07. The number of guanidine groups is 1. The quantitative estimate of drug-likeness (QED) is 0.236. The topological polar surface area (TPSA) is 66.0 Å². The van der Waals surface area contributed by atoms with Crippen molar-refractivity contribution in [2.75, 3.05) is 39.9 Å². The zero-order valence-corrected chi connectivity index (χ0v) is 19.7. The number of carbonyl (C=O) groups is 1. The molecule has 0 spiro atoms. The fourth-order valence-corrected chi connectivity index (χ4v) is 3.77. The third-order valence-corrected chi connectivity index (χ3v) is 5.23. The Hall–Kier alpha value is -0.570. The van der Waals surface area contributed by atoms with Gasteiger partial charge in [0.15, 0.2) is 5.96 Å². The van der Waals surface area contributed by atoms with Gasteiger partial charge in [-0.2, -0.15) is 0 Å². The number of ether oxygens (including phenoxy) is 1. The summed E-state index contributed by atoms with van der Waals surface area (Å²) in [6.07, 6.45) is 7.83. The van der Waals surface area contributed by atoms with E-state index in [1.165, 1.54) is 19.3 Å². The molecule has 2 N–H and O–H groups in total. The van der Waals surface area contributed by atoms with E-state index in [0.29, 0.717) is 17.9 Å². The number of carbonyl (C=O) groups excluding carboxylic acids is 1. The number of nitrogens with zero attached hydrogens (tertiary/aromatic N) is 2. The van der Waals surface area contributed by atoms with Crippen LogP contribution in [0.25, 0.3) is 0 Å². The minimum atomic E-state index is 0. The van der Waals surface area contributed by atoms with Crippen molar-refractivity contribution in [3.8, 4) is 0 Å². The molecule has 1 unspecified atom stereocenters. The molecule has 0 radical (unpaired) electrons. The van der Waals surface area contributed by atoms with Crippen LogP contribution in [0.1, 0.15) is 58.8 Å². The molecule has 2 fully saturated rings. The predicted molar refractivity (Wildman–Crippen MR) is 122 cm³/mol. The van der Waals surface area contributed by atoms with Gasteiger partial charge >= 0.3 is 0 Å². The van der Waals surface area contributed by atoms with Gasteiger partial charge in [0.25, 0.3) is 0 Å². The molecule has 1 aliphatic heterocycles. The van der Waals surface area contributed by atoms with Gasteiger partial charge in [0.05, 0.1) is 0 Å². The smallest absolute Gasteiger partial charge is 0.225 e. The summed E-state index contributed by atoms with van der Waals surface area (Å²) in [5.41, 5.74) is 0. The lowest BCUT2D eigenvalue weighted by Gasteiger charge is -2.26. The molecule has 1 atom stereocenters. The van der Waals surface area contributed by atoms with Crippen molar-refractivity contribution in [1.29, 1.82) is 0 Å². The maximum absolute atomic E-state index is 12.7. The Morgan fingerprint density at radius 1 is 1.22 bits per heavy atom. The number of aliphatic imine (C=N–C) groups is 1. The highest BCUT2D eigenvalue weighted by Gasteiger charge is 2.31. The largest absolute Gasteiger partial charge is 0.381 e. The van der Waals surface area contributed by atoms with Gasteiger partial charge in [-0.15, -0.1) is 24.0 Å². The summed E-state index contributed by atoms with van der Waals surface area (Å²) >= 11 is 0. The van der Waals surface area contributed by atoms with E-state index in [1.807, 2.05) is 0 Å². The summed E-state index contributed by atoms with van der Waals surface area (Å²) in [5, 5.41) is 6.81. The van der Waals surface area contributed by atoms with E-state index in [2.05, 4.69) is 34.4 Å². The summed E-state index contributed by atoms with van der Waals surface area (Å²) in [6.45, 7) is 8.42. The lowest BCUT2D eigenvalue weighted by molar-refractivity contribution is -0.135. The van der Waals surface area contributed by atoms with E-state index in [1.54, 1.807) is 7.05 Å². The van der Waals surface area contributed by atoms with Crippen LogP contribution in [0.2, 0.25) is 0 Å². The van der Waals surface area contributed by atoms with E-state index in [9.17, 15) is 4.79 Å². The molecule has 1 saturated heterocycles. The van der Waals surface area contributed by atoms with Crippen LogP contribution in [-0.4, -0.2) is 62.7 Å². The van der Waals surface area contributed by atoms with Gasteiger partial charge in [0.1, 0.15) is 0 Å². The fourth-order valence-electron chi connectivity index (χ4n) is 3.77. The lowest BCUT2D eigenvalue weighted by atomic mass is 9.88. The SMILES string of the molecule is CN=C(NCCCOCC(C)C)NC1CCN(C(=O)C2CCCCC2)C1.I. The standard InChI is InChI=1S/C20H38N4O2.HI/c1-16(2)15-26-13-7-11-22-20(21-3)23-18-10-12-24(14-18)19(25)17-8-5-4-6-9-17;/h16-18H,4-15H2,1-3H3,(H2,21,22,23);1H. The van der Waals surface area contributed by atoms with Crippen molar-refractivity contribution in [3.63, 3.8) is 0 Å². The number of amides is 1. The minimum absolute atomic E-state index is 0. The van der Waals surface area contributed by atoms with E-state index < -0.39 is 0 Å². The molecule has 0 aromatic heterocycles. The molecule has 0 bridgehead atoms. The van der Waals surface area contributed by atoms with Gasteiger partial charge < -0.3 is 20.3 Å². The number of hydrogen-bond donors (Lipinski definition) is 2. The van der Waals surface area contributed by atoms with Gasteiger partial charge in [-0.1, -0.05) is 33.1 Å². The predicted octanol–water partition coefficient (Wildman–Crippen LogP) is 3.01. The van der Waals surface area contributed by atoms with Gasteiger partial charge in [0, 0.05) is 51.9 Å². The van der Waals surface area contributed by atoms with Gasteiger partial charge in [0.2, 0.25) is 5.91 Å². The molecule has 158 valence electrons. The van der Waals surface area contributed by atoms with E-state index >= 15 is 0 Å². The molecular formula is C20H39IN4O2. The average Bonchev–Trinajstić information content (AvgIpc) is 3.12. The third-order valence-electron chi connectivity index (χ3n) is 5.23. The second kappa shape index (κ2) is 13.6. The molecule has 7 heteroatoms. The molecule has 1 heterocycles. The number of rotatable bonds is 8. The lowest BCUT2D eigenvalue weighted by Crippen LogP contribution is -2.45. The highest BCUT2D eigenvalue weighted by atomic mass is 127. The van der Waals surface area contributed by atoms with Crippen LogP contribution in [0.15, 0.2) is 4.99 Å². The Morgan fingerprint density at radius 2 is 1.96 bits per heavy atom. The van der Waals surface area contributed by atoms with Crippen LogP contribution in [0.4, 0.5) is 0 Å². The van der Waals surface area contributed by atoms with E-state index in [0.717, 1.165) is 64.5 Å². The highest BCUT2D eigenvalue weighted by Crippen LogP contribution is 2.26. The van der Waals surface area contributed by atoms with Crippen molar-refractivity contribution in [2.45, 2.75) is 64.8 Å². The maximum atomic E-state index is 12.7. The molecule has 6 nitrogen and oxygen atoms in total. The van der Waals surface area contributed by atoms with Crippen LogP contribution >= 0.6 is 24.0 Å². The highest BCUT2D eigenvalue weighted by molar-refractivity contribution is 14.0. The first kappa shape index (κ1) is 24.5. The number of hydrogen-bond acceptors (Lipinski definition) is 3. The average molecular weight is 494 g/mol. The van der Waals surface area contributed by atoms with Gasteiger partial charge in [-0.05, 0) is 31.6 Å². The van der Waals surface area contributed by atoms with Crippen LogP contribution < -0.4 is 10.6 Å². The van der Waals surface area contributed by atoms with Crippen LogP contribution in [0.5, 0.6) is 0 Å². The Labute approximate surface area is 182 Å². The molecule has 1 saturated carbocycles. The minimum Gasteiger partial charge on any atom is -0.381 e. The summed E-state index contributed by atoms with van der Waals surface area (Å²) in [5.74, 6) is 2.05. The summed E-state index contributed by atoms with van der Waals surface area (Å²) in [4.78, 5) is 19.0. The van der Waals surface area contributed by atoms with Crippen molar-refractivity contribution < 1.29 is 9.53 Å². The number of halogens is 1. The molecule has 0 aromatic rings. The van der Waals surface area contributed by atoms with Crippen LogP contribution in [-0.2, 0) is 9.53 Å². The zero-order chi connectivity index (χ0) is 18.8. The van der Waals surface area contributed by atoms with Gasteiger partial charge in [-0.25, -0.2) is 0 Å². The number of likely N-dealkylation sites (tertiary alicyclic amines) is 1. The fraction of sp³-hybridized carbons (Fsp3) is 0.900. The molecule has 0 aromatic carbocycles. The third kappa shape index (κ3) is 8.98. The van der Waals surface area contributed by atoms with Crippen molar-refractivity contribution in [1.82, 2.24) is 15.5 Å². The van der Waals surface area contributed by atoms with Crippen LogP contribution in [0.3, 0.4) is 0 Å². The first-order valence-corrected chi connectivity index (χ1v) is 10.4. The molecule has 1 aliphatic carbocycles.